The summed E-state index contributed by atoms with van der Waals surface area (Å²) in [5.41, 5.74) is 0. The highest BCUT2D eigenvalue weighted by Gasteiger charge is 2.31. The van der Waals surface area contributed by atoms with Crippen LogP contribution in [0.2, 0.25) is 0 Å². The highest BCUT2D eigenvalue weighted by atomic mass is 32.1. The SMILES string of the molecule is CCNC(S)C(CC(=O)NCC(C)C)C(C)C(=O)C(C)C. The fourth-order valence-electron chi connectivity index (χ4n) is 2.26. The molecule has 0 aromatic rings. The van der Waals surface area contributed by atoms with Crippen LogP contribution >= 0.6 is 12.6 Å². The standard InChI is InChI=1S/C16H32N2O2S/c1-7-17-16(21)13(12(6)15(20)11(4)5)8-14(19)18-9-10(2)3/h10-13,16-17,21H,7-9H2,1-6H3,(H,18,19). The summed E-state index contributed by atoms with van der Waals surface area (Å²) in [6, 6.07) is 0. The Morgan fingerprint density at radius 2 is 1.67 bits per heavy atom. The van der Waals surface area contributed by atoms with Gasteiger partial charge >= 0.3 is 0 Å². The molecule has 0 aliphatic rings. The molecule has 3 atom stereocenters. The lowest BCUT2D eigenvalue weighted by Crippen LogP contribution is -2.42. The third kappa shape index (κ3) is 7.86. The summed E-state index contributed by atoms with van der Waals surface area (Å²) in [4.78, 5) is 24.3. The summed E-state index contributed by atoms with van der Waals surface area (Å²) in [5.74, 6) is 0.292. The molecular formula is C16H32N2O2S. The lowest BCUT2D eigenvalue weighted by atomic mass is 9.83. The number of hydrogen-bond donors (Lipinski definition) is 3. The Kier molecular flexibility index (Phi) is 9.95. The van der Waals surface area contributed by atoms with Crippen molar-refractivity contribution >= 4 is 24.3 Å². The van der Waals surface area contributed by atoms with Crippen molar-refractivity contribution in [2.45, 2.75) is 53.3 Å². The van der Waals surface area contributed by atoms with Crippen LogP contribution in [-0.4, -0.2) is 30.2 Å². The van der Waals surface area contributed by atoms with E-state index in [0.717, 1.165) is 6.54 Å². The first-order valence-electron chi connectivity index (χ1n) is 7.92. The van der Waals surface area contributed by atoms with Crippen LogP contribution in [0.15, 0.2) is 0 Å². The Hall–Kier alpha value is -0.550. The van der Waals surface area contributed by atoms with Crippen molar-refractivity contribution in [1.29, 1.82) is 0 Å². The van der Waals surface area contributed by atoms with Crippen LogP contribution in [0.25, 0.3) is 0 Å². The average Bonchev–Trinajstić information content (AvgIpc) is 2.40. The number of amides is 1. The minimum absolute atomic E-state index is 0.00550. The lowest BCUT2D eigenvalue weighted by Gasteiger charge is -2.29. The van der Waals surface area contributed by atoms with Crippen LogP contribution in [0.5, 0.6) is 0 Å². The zero-order chi connectivity index (χ0) is 16.6. The van der Waals surface area contributed by atoms with E-state index in [0.29, 0.717) is 18.9 Å². The van der Waals surface area contributed by atoms with Crippen LogP contribution in [0.1, 0.15) is 48.0 Å². The minimum atomic E-state index is -0.184. The molecule has 3 unspecified atom stereocenters. The van der Waals surface area contributed by atoms with Gasteiger partial charge in [-0.05, 0) is 12.5 Å². The first kappa shape index (κ1) is 20.5. The first-order chi connectivity index (χ1) is 9.70. The normalized spacial score (nSPS) is 15.9. The molecule has 0 saturated heterocycles. The lowest BCUT2D eigenvalue weighted by molar-refractivity contribution is -0.128. The Bertz CT molecular complexity index is 332. The molecule has 0 rings (SSSR count). The molecule has 0 aromatic heterocycles. The van der Waals surface area contributed by atoms with E-state index < -0.39 is 0 Å². The van der Waals surface area contributed by atoms with Crippen LogP contribution in [0.3, 0.4) is 0 Å². The van der Waals surface area contributed by atoms with Crippen molar-refractivity contribution in [3.05, 3.63) is 0 Å². The van der Waals surface area contributed by atoms with Gasteiger partial charge in [-0.15, -0.1) is 0 Å². The van der Waals surface area contributed by atoms with Gasteiger partial charge in [0.05, 0.1) is 5.37 Å². The van der Waals surface area contributed by atoms with Crippen molar-refractivity contribution in [2.75, 3.05) is 13.1 Å². The van der Waals surface area contributed by atoms with Gasteiger partial charge in [-0.1, -0.05) is 41.5 Å². The summed E-state index contributed by atoms with van der Waals surface area (Å²) >= 11 is 4.55. The fraction of sp³-hybridized carbons (Fsp3) is 0.875. The van der Waals surface area contributed by atoms with Gasteiger partial charge in [0, 0.05) is 30.7 Å². The molecule has 21 heavy (non-hydrogen) atoms. The van der Waals surface area contributed by atoms with Gasteiger partial charge in [0.2, 0.25) is 5.91 Å². The molecule has 0 aromatic carbocycles. The predicted octanol–water partition coefficient (Wildman–Crippen LogP) is 2.49. The van der Waals surface area contributed by atoms with Gasteiger partial charge in [-0.2, -0.15) is 12.6 Å². The van der Waals surface area contributed by atoms with Crippen molar-refractivity contribution in [1.82, 2.24) is 10.6 Å². The highest BCUT2D eigenvalue weighted by molar-refractivity contribution is 7.80. The molecule has 1 amide bonds. The molecule has 4 nitrogen and oxygen atoms in total. The first-order valence-corrected chi connectivity index (χ1v) is 8.44. The third-order valence-electron chi connectivity index (χ3n) is 3.61. The van der Waals surface area contributed by atoms with Crippen molar-refractivity contribution in [3.63, 3.8) is 0 Å². The topological polar surface area (TPSA) is 58.2 Å². The molecule has 0 heterocycles. The number of Topliss-reactive ketones (excluding diaryl/α,β-unsaturated/α-hetero) is 1. The van der Waals surface area contributed by atoms with E-state index >= 15 is 0 Å². The summed E-state index contributed by atoms with van der Waals surface area (Å²) < 4.78 is 0. The molecule has 0 aliphatic heterocycles. The second-order valence-electron chi connectivity index (χ2n) is 6.41. The largest absolute Gasteiger partial charge is 0.356 e. The maximum atomic E-state index is 12.2. The number of carbonyl (C=O) groups is 2. The van der Waals surface area contributed by atoms with Crippen LogP contribution < -0.4 is 10.6 Å². The fourth-order valence-corrected chi connectivity index (χ4v) is 2.81. The van der Waals surface area contributed by atoms with Gasteiger partial charge in [0.15, 0.2) is 0 Å². The van der Waals surface area contributed by atoms with E-state index in [9.17, 15) is 9.59 Å². The number of rotatable bonds is 10. The second kappa shape index (κ2) is 10.2. The highest BCUT2D eigenvalue weighted by Crippen LogP contribution is 2.25. The van der Waals surface area contributed by atoms with Gasteiger partial charge in [0.1, 0.15) is 5.78 Å². The van der Waals surface area contributed by atoms with Gasteiger partial charge < -0.3 is 10.6 Å². The van der Waals surface area contributed by atoms with Crippen LogP contribution in [0.4, 0.5) is 0 Å². The van der Waals surface area contributed by atoms with E-state index in [2.05, 4.69) is 37.1 Å². The smallest absolute Gasteiger partial charge is 0.220 e. The van der Waals surface area contributed by atoms with E-state index in [4.69, 9.17) is 0 Å². The van der Waals surface area contributed by atoms with Gasteiger partial charge in [0.25, 0.3) is 0 Å². The zero-order valence-corrected chi connectivity index (χ0v) is 15.2. The van der Waals surface area contributed by atoms with Crippen molar-refractivity contribution in [2.24, 2.45) is 23.7 Å². The van der Waals surface area contributed by atoms with E-state index in [1.807, 2.05) is 27.7 Å². The monoisotopic (exact) mass is 316 g/mol. The Labute approximate surface area is 135 Å². The quantitative estimate of drug-likeness (QED) is 0.429. The molecule has 2 N–H and O–H groups in total. The number of carbonyl (C=O) groups excluding carboxylic acids is 2. The van der Waals surface area contributed by atoms with Gasteiger partial charge in [-0.25, -0.2) is 0 Å². The molecule has 0 aliphatic carbocycles. The molecule has 0 fully saturated rings. The summed E-state index contributed by atoms with van der Waals surface area (Å²) in [7, 11) is 0. The van der Waals surface area contributed by atoms with E-state index in [1.165, 1.54) is 0 Å². The number of thiol groups is 1. The third-order valence-corrected chi connectivity index (χ3v) is 4.17. The molecule has 0 radical (unpaired) electrons. The number of nitrogens with one attached hydrogen (secondary N) is 2. The van der Waals surface area contributed by atoms with E-state index in [1.54, 1.807) is 0 Å². The number of hydrogen-bond acceptors (Lipinski definition) is 4. The van der Waals surface area contributed by atoms with Crippen LogP contribution in [0, 0.1) is 23.7 Å². The summed E-state index contributed by atoms with van der Waals surface area (Å²) in [6.45, 7) is 13.2. The maximum absolute atomic E-state index is 12.2. The summed E-state index contributed by atoms with van der Waals surface area (Å²) in [5, 5.41) is 5.99. The minimum Gasteiger partial charge on any atom is -0.356 e. The van der Waals surface area contributed by atoms with Crippen molar-refractivity contribution < 1.29 is 9.59 Å². The van der Waals surface area contributed by atoms with Gasteiger partial charge in [-0.3, -0.25) is 9.59 Å². The average molecular weight is 317 g/mol. The Morgan fingerprint density at radius 1 is 1.10 bits per heavy atom. The second-order valence-corrected chi connectivity index (χ2v) is 6.97. The zero-order valence-electron chi connectivity index (χ0n) is 14.3. The summed E-state index contributed by atoms with van der Waals surface area (Å²) in [6.07, 6.45) is 0.327. The number of ketones is 1. The Balaban J connectivity index is 4.81. The molecule has 5 heteroatoms. The van der Waals surface area contributed by atoms with Crippen LogP contribution in [-0.2, 0) is 9.59 Å². The molecular weight excluding hydrogens is 284 g/mol. The van der Waals surface area contributed by atoms with Crippen molar-refractivity contribution in [3.8, 4) is 0 Å². The molecule has 0 saturated carbocycles. The molecule has 0 bridgehead atoms. The predicted molar refractivity (Wildman–Crippen MR) is 91.4 cm³/mol. The molecule has 124 valence electrons. The molecule has 0 spiro atoms. The Morgan fingerprint density at radius 3 is 2.10 bits per heavy atom. The van der Waals surface area contributed by atoms with E-state index in [-0.39, 0.29) is 34.8 Å². The maximum Gasteiger partial charge on any atom is 0.220 e.